The van der Waals surface area contributed by atoms with Crippen LogP contribution in [0.3, 0.4) is 0 Å². The van der Waals surface area contributed by atoms with E-state index >= 15 is 0 Å². The third-order valence-electron chi connectivity index (χ3n) is 5.60. The number of hydrogen-bond acceptors (Lipinski definition) is 5. The molecule has 0 aliphatic carbocycles. The lowest BCUT2D eigenvalue weighted by Gasteiger charge is -2.37. The number of hydrogen-bond donors (Lipinski definition) is 3. The minimum Gasteiger partial charge on any atom is -0.352 e. The molecule has 2 aromatic heterocycles. The Bertz CT molecular complexity index is 1290. The van der Waals surface area contributed by atoms with Crippen LogP contribution in [0, 0.1) is 0 Å². The van der Waals surface area contributed by atoms with Crippen molar-refractivity contribution in [1.29, 1.82) is 0 Å². The molecule has 1 aliphatic heterocycles. The molecule has 0 bridgehead atoms. The number of H-pyrrole nitrogens is 1. The van der Waals surface area contributed by atoms with E-state index in [0.29, 0.717) is 5.11 Å². The quantitative estimate of drug-likeness (QED) is 0.415. The van der Waals surface area contributed by atoms with E-state index < -0.39 is 0 Å². The maximum Gasteiger partial charge on any atom is 0.221 e. The van der Waals surface area contributed by atoms with Crippen LogP contribution in [0.15, 0.2) is 54.9 Å². The van der Waals surface area contributed by atoms with Gasteiger partial charge in [0.25, 0.3) is 0 Å². The molecular weight excluding hydrogens is 422 g/mol. The monoisotopic (exact) mass is 445 g/mol. The zero-order valence-corrected chi connectivity index (χ0v) is 18.4. The first kappa shape index (κ1) is 20.2. The molecule has 0 unspecified atom stereocenters. The molecule has 3 heterocycles. The Kier molecular flexibility index (Phi) is 5.32. The number of rotatable bonds is 3. The summed E-state index contributed by atoms with van der Waals surface area (Å²) < 4.78 is 0. The van der Waals surface area contributed by atoms with Gasteiger partial charge in [0.1, 0.15) is 17.8 Å². The van der Waals surface area contributed by atoms with Crippen LogP contribution in [0.25, 0.3) is 21.9 Å². The van der Waals surface area contributed by atoms with E-state index in [1.807, 2.05) is 36.4 Å². The summed E-state index contributed by atoms with van der Waals surface area (Å²) in [4.78, 5) is 28.1. The van der Waals surface area contributed by atoms with Crippen LogP contribution in [-0.4, -0.2) is 57.1 Å². The van der Waals surface area contributed by atoms with Gasteiger partial charge in [0.05, 0.1) is 5.39 Å². The first-order valence-electron chi connectivity index (χ1n) is 10.5. The Hall–Kier alpha value is -3.72. The molecule has 3 N–H and O–H groups in total. The third kappa shape index (κ3) is 3.94. The SMILES string of the molecule is CC(=O)Nc1ccc(NC(=S)N2CCN(c3ncnc4[nH]c5ccccc5c34)CC2)cc1. The number of benzene rings is 2. The van der Waals surface area contributed by atoms with Crippen LogP contribution in [0.4, 0.5) is 17.2 Å². The van der Waals surface area contributed by atoms with Crippen LogP contribution >= 0.6 is 12.2 Å². The summed E-state index contributed by atoms with van der Waals surface area (Å²) in [6.07, 6.45) is 1.62. The van der Waals surface area contributed by atoms with E-state index in [1.165, 1.54) is 6.92 Å². The van der Waals surface area contributed by atoms with Gasteiger partial charge >= 0.3 is 0 Å². The van der Waals surface area contributed by atoms with Crippen molar-refractivity contribution in [2.75, 3.05) is 41.7 Å². The summed E-state index contributed by atoms with van der Waals surface area (Å²) in [6, 6.07) is 15.7. The number of nitrogens with one attached hydrogen (secondary N) is 3. The Labute approximate surface area is 190 Å². The zero-order chi connectivity index (χ0) is 22.1. The number of anilines is 3. The van der Waals surface area contributed by atoms with Gasteiger partial charge in [-0.1, -0.05) is 18.2 Å². The molecule has 5 rings (SSSR count). The molecule has 4 aromatic rings. The average Bonchev–Trinajstić information content (AvgIpc) is 3.19. The predicted octanol–water partition coefficient (Wildman–Crippen LogP) is 3.59. The van der Waals surface area contributed by atoms with Crippen molar-refractivity contribution in [2.45, 2.75) is 6.92 Å². The molecule has 0 radical (unpaired) electrons. The molecule has 0 spiro atoms. The number of fused-ring (bicyclic) bond motifs is 3. The number of piperazine rings is 1. The number of aromatic nitrogens is 3. The van der Waals surface area contributed by atoms with E-state index in [4.69, 9.17) is 12.2 Å². The maximum atomic E-state index is 11.2. The molecule has 1 aliphatic rings. The highest BCUT2D eigenvalue weighted by atomic mass is 32.1. The molecule has 162 valence electrons. The van der Waals surface area contributed by atoms with Crippen LogP contribution in [0.1, 0.15) is 6.92 Å². The Morgan fingerprint density at radius 1 is 0.969 bits per heavy atom. The number of para-hydroxylation sites is 1. The highest BCUT2D eigenvalue weighted by molar-refractivity contribution is 7.80. The van der Waals surface area contributed by atoms with E-state index in [1.54, 1.807) is 6.33 Å². The lowest BCUT2D eigenvalue weighted by Crippen LogP contribution is -2.50. The number of amides is 1. The zero-order valence-electron chi connectivity index (χ0n) is 17.6. The first-order chi connectivity index (χ1) is 15.6. The summed E-state index contributed by atoms with van der Waals surface area (Å²) in [5, 5.41) is 8.95. The van der Waals surface area contributed by atoms with E-state index in [0.717, 1.165) is 65.3 Å². The van der Waals surface area contributed by atoms with E-state index in [9.17, 15) is 4.79 Å². The second-order valence-electron chi connectivity index (χ2n) is 7.75. The first-order valence-corrected chi connectivity index (χ1v) is 10.9. The fraction of sp³-hybridized carbons (Fsp3) is 0.217. The highest BCUT2D eigenvalue weighted by Gasteiger charge is 2.23. The summed E-state index contributed by atoms with van der Waals surface area (Å²) in [5.74, 6) is 0.868. The molecule has 32 heavy (non-hydrogen) atoms. The smallest absolute Gasteiger partial charge is 0.221 e. The minimum absolute atomic E-state index is 0.0901. The minimum atomic E-state index is -0.0901. The van der Waals surface area contributed by atoms with Crippen molar-refractivity contribution < 1.29 is 4.79 Å². The van der Waals surface area contributed by atoms with Gasteiger partial charge in [0, 0.05) is 55.4 Å². The lowest BCUT2D eigenvalue weighted by atomic mass is 10.2. The second-order valence-corrected chi connectivity index (χ2v) is 8.14. The summed E-state index contributed by atoms with van der Waals surface area (Å²) in [6.45, 7) is 4.71. The molecule has 8 nitrogen and oxygen atoms in total. The van der Waals surface area contributed by atoms with Gasteiger partial charge in [-0.15, -0.1) is 0 Å². The standard InChI is InChI=1S/C23H23N7OS/c1-15(31)26-16-6-8-17(9-7-16)27-23(32)30-12-10-29(11-13-30)22-20-18-4-2-3-5-19(18)28-21(20)24-14-25-22/h2-9,14H,10-13H2,1H3,(H,26,31)(H,27,32)(H,24,25,28). The molecule has 1 amide bonds. The van der Waals surface area contributed by atoms with E-state index in [2.05, 4.69) is 47.5 Å². The normalized spacial score (nSPS) is 14.0. The summed E-state index contributed by atoms with van der Waals surface area (Å²) in [5.41, 5.74) is 3.58. The Morgan fingerprint density at radius 3 is 2.38 bits per heavy atom. The van der Waals surface area contributed by atoms with Crippen LogP contribution in [0.5, 0.6) is 0 Å². The molecule has 0 atom stereocenters. The summed E-state index contributed by atoms with van der Waals surface area (Å²) in [7, 11) is 0. The lowest BCUT2D eigenvalue weighted by molar-refractivity contribution is -0.114. The van der Waals surface area contributed by atoms with Gasteiger partial charge in [0.2, 0.25) is 5.91 Å². The topological polar surface area (TPSA) is 89.2 Å². The predicted molar refractivity (Wildman–Crippen MR) is 132 cm³/mol. The van der Waals surface area contributed by atoms with Gasteiger partial charge in [-0.25, -0.2) is 9.97 Å². The van der Waals surface area contributed by atoms with Gasteiger partial charge in [0.15, 0.2) is 5.11 Å². The molecule has 1 fully saturated rings. The molecule has 2 aromatic carbocycles. The average molecular weight is 446 g/mol. The number of carbonyl (C=O) groups excluding carboxylic acids is 1. The highest BCUT2D eigenvalue weighted by Crippen LogP contribution is 2.31. The van der Waals surface area contributed by atoms with E-state index in [-0.39, 0.29) is 5.91 Å². The van der Waals surface area contributed by atoms with Crippen molar-refractivity contribution in [3.8, 4) is 0 Å². The Morgan fingerprint density at radius 2 is 1.66 bits per heavy atom. The molecule has 1 saturated heterocycles. The fourth-order valence-corrected chi connectivity index (χ4v) is 4.36. The molecule has 9 heteroatoms. The molecular formula is C23H23N7OS. The van der Waals surface area contributed by atoms with Crippen molar-refractivity contribution in [3.05, 3.63) is 54.9 Å². The number of thiocarbonyl (C=S) groups is 1. The van der Waals surface area contributed by atoms with Gasteiger partial charge < -0.3 is 25.4 Å². The van der Waals surface area contributed by atoms with Crippen molar-refractivity contribution in [3.63, 3.8) is 0 Å². The maximum absolute atomic E-state index is 11.2. The van der Waals surface area contributed by atoms with Crippen molar-refractivity contribution in [2.24, 2.45) is 0 Å². The van der Waals surface area contributed by atoms with Gasteiger partial charge in [-0.2, -0.15) is 0 Å². The van der Waals surface area contributed by atoms with Crippen molar-refractivity contribution >= 4 is 62.4 Å². The van der Waals surface area contributed by atoms with Crippen LogP contribution < -0.4 is 15.5 Å². The number of aromatic amines is 1. The third-order valence-corrected chi connectivity index (χ3v) is 5.96. The van der Waals surface area contributed by atoms with Gasteiger partial charge in [-0.05, 0) is 42.5 Å². The van der Waals surface area contributed by atoms with Crippen LogP contribution in [-0.2, 0) is 4.79 Å². The number of nitrogens with zero attached hydrogens (tertiary/aromatic N) is 4. The van der Waals surface area contributed by atoms with Crippen molar-refractivity contribution in [1.82, 2.24) is 19.9 Å². The number of carbonyl (C=O) groups is 1. The van der Waals surface area contributed by atoms with Crippen LogP contribution in [0.2, 0.25) is 0 Å². The van der Waals surface area contributed by atoms with Gasteiger partial charge in [-0.3, -0.25) is 4.79 Å². The molecule has 0 saturated carbocycles. The Balaban J connectivity index is 1.26. The second kappa shape index (κ2) is 8.43. The fourth-order valence-electron chi connectivity index (χ4n) is 4.06. The largest absolute Gasteiger partial charge is 0.352 e. The summed E-state index contributed by atoms with van der Waals surface area (Å²) >= 11 is 5.64.